The Hall–Kier alpha value is -2.97. The van der Waals surface area contributed by atoms with Crippen molar-refractivity contribution >= 4 is 15.9 Å². The predicted octanol–water partition coefficient (Wildman–Crippen LogP) is 4.04. The van der Waals surface area contributed by atoms with E-state index in [1.807, 2.05) is 49.4 Å². The first-order valence-corrected chi connectivity index (χ1v) is 13.6. The van der Waals surface area contributed by atoms with Gasteiger partial charge in [0, 0.05) is 30.9 Å². The summed E-state index contributed by atoms with van der Waals surface area (Å²) in [7, 11) is -3.26. The van der Waals surface area contributed by atoms with Crippen molar-refractivity contribution in [1.82, 2.24) is 19.4 Å². The van der Waals surface area contributed by atoms with Crippen LogP contribution in [0.5, 0.6) is 0 Å². The number of nitrogens with zero attached hydrogens (tertiary/aromatic N) is 3. The summed E-state index contributed by atoms with van der Waals surface area (Å²) in [5.41, 5.74) is 4.22. The average Bonchev–Trinajstić information content (AvgIpc) is 3.30. The fraction of sp³-hybridized carbons (Fsp3) is 0.385. The Kier molecular flexibility index (Phi) is 7.48. The molecule has 0 bridgehead atoms. The third-order valence-electron chi connectivity index (χ3n) is 6.20. The first kappa shape index (κ1) is 24.2. The van der Waals surface area contributed by atoms with E-state index in [9.17, 15) is 13.2 Å². The normalized spacial score (nSPS) is 14.9. The molecule has 0 unspecified atom stereocenters. The molecule has 1 amide bonds. The van der Waals surface area contributed by atoms with Gasteiger partial charge in [-0.1, -0.05) is 56.3 Å². The van der Waals surface area contributed by atoms with Gasteiger partial charge in [-0.15, -0.1) is 0 Å². The Morgan fingerprint density at radius 3 is 2.32 bits per heavy atom. The average molecular weight is 481 g/mol. The number of carbonyl (C=O) groups excluding carboxylic acids is 1. The number of benzene rings is 2. The van der Waals surface area contributed by atoms with Gasteiger partial charge in [-0.2, -0.15) is 5.10 Å². The largest absolute Gasteiger partial charge is 0.338 e. The molecule has 1 aliphatic heterocycles. The zero-order chi connectivity index (χ0) is 24.1. The Morgan fingerprint density at radius 2 is 1.71 bits per heavy atom. The lowest BCUT2D eigenvalue weighted by molar-refractivity contribution is 0.0712. The SMILES string of the molecule is CCCS(=O)(=O)NC1CCN(C(=O)c2cn(-c3ccccc3)nc2-c2ccc(CC)cc2)CC1. The Bertz CT molecular complexity index is 1210. The van der Waals surface area contributed by atoms with Crippen molar-refractivity contribution in [2.75, 3.05) is 18.8 Å². The summed E-state index contributed by atoms with van der Waals surface area (Å²) in [5.74, 6) is 0.0527. The van der Waals surface area contributed by atoms with Crippen molar-refractivity contribution in [3.8, 4) is 16.9 Å². The van der Waals surface area contributed by atoms with Gasteiger partial charge in [-0.05, 0) is 43.4 Å². The number of amides is 1. The van der Waals surface area contributed by atoms with Gasteiger partial charge in [0.2, 0.25) is 10.0 Å². The van der Waals surface area contributed by atoms with Crippen molar-refractivity contribution in [2.45, 2.75) is 45.6 Å². The molecule has 4 rings (SSSR count). The van der Waals surface area contributed by atoms with Crippen LogP contribution in [0.4, 0.5) is 0 Å². The molecule has 2 heterocycles. The van der Waals surface area contributed by atoms with Crippen molar-refractivity contribution in [3.63, 3.8) is 0 Å². The number of sulfonamides is 1. The number of aromatic nitrogens is 2. The molecular formula is C26H32N4O3S. The minimum absolute atomic E-state index is 0.0772. The molecule has 0 radical (unpaired) electrons. The van der Waals surface area contributed by atoms with Crippen LogP contribution in [0.2, 0.25) is 0 Å². The fourth-order valence-electron chi connectivity index (χ4n) is 4.31. The highest BCUT2D eigenvalue weighted by Crippen LogP contribution is 2.27. The lowest BCUT2D eigenvalue weighted by atomic mass is 10.0. The first-order valence-electron chi connectivity index (χ1n) is 11.9. The van der Waals surface area contributed by atoms with Gasteiger partial charge in [0.1, 0.15) is 5.69 Å². The molecule has 1 aliphatic rings. The lowest BCUT2D eigenvalue weighted by Crippen LogP contribution is -2.47. The molecule has 3 aromatic rings. The van der Waals surface area contributed by atoms with Crippen molar-refractivity contribution in [3.05, 3.63) is 71.9 Å². The minimum Gasteiger partial charge on any atom is -0.338 e. The van der Waals surface area contributed by atoms with E-state index in [1.165, 1.54) is 5.56 Å². The molecule has 0 spiro atoms. The van der Waals surface area contributed by atoms with Gasteiger partial charge in [-0.25, -0.2) is 17.8 Å². The van der Waals surface area contributed by atoms with Crippen molar-refractivity contribution in [1.29, 1.82) is 0 Å². The number of hydrogen-bond donors (Lipinski definition) is 1. The number of nitrogens with one attached hydrogen (secondary N) is 1. The second kappa shape index (κ2) is 10.5. The van der Waals surface area contributed by atoms with Gasteiger partial charge in [0.05, 0.1) is 17.0 Å². The monoisotopic (exact) mass is 480 g/mol. The summed E-state index contributed by atoms with van der Waals surface area (Å²) in [4.78, 5) is 15.4. The number of rotatable bonds is 8. The summed E-state index contributed by atoms with van der Waals surface area (Å²) < 4.78 is 28.8. The van der Waals surface area contributed by atoms with E-state index in [-0.39, 0.29) is 17.7 Å². The van der Waals surface area contributed by atoms with Crippen molar-refractivity contribution in [2.24, 2.45) is 0 Å². The highest BCUT2D eigenvalue weighted by molar-refractivity contribution is 7.89. The Labute approximate surface area is 201 Å². The molecule has 7 nitrogen and oxygen atoms in total. The van der Waals surface area contributed by atoms with Crippen LogP contribution in [0, 0.1) is 0 Å². The first-order chi connectivity index (χ1) is 16.4. The second-order valence-electron chi connectivity index (χ2n) is 8.73. The highest BCUT2D eigenvalue weighted by atomic mass is 32.2. The minimum atomic E-state index is -3.26. The maximum Gasteiger partial charge on any atom is 0.257 e. The molecule has 1 fully saturated rings. The number of likely N-dealkylation sites (tertiary alicyclic amines) is 1. The molecule has 0 saturated carbocycles. The van der Waals surface area contributed by atoms with E-state index in [0.717, 1.165) is 17.7 Å². The number of para-hydroxylation sites is 1. The van der Waals surface area contributed by atoms with Crippen LogP contribution in [0.1, 0.15) is 49.0 Å². The topological polar surface area (TPSA) is 84.3 Å². The van der Waals surface area contributed by atoms with E-state index in [2.05, 4.69) is 23.8 Å². The third kappa shape index (κ3) is 5.56. The van der Waals surface area contributed by atoms with Gasteiger partial charge in [0.25, 0.3) is 5.91 Å². The molecule has 1 N–H and O–H groups in total. The zero-order valence-corrected chi connectivity index (χ0v) is 20.6. The van der Waals surface area contributed by atoms with Gasteiger partial charge in [0.15, 0.2) is 0 Å². The number of hydrogen-bond acceptors (Lipinski definition) is 4. The van der Waals surface area contributed by atoms with Gasteiger partial charge in [-0.3, -0.25) is 4.79 Å². The summed E-state index contributed by atoms with van der Waals surface area (Å²) in [5, 5.41) is 4.78. The number of piperidine rings is 1. The van der Waals surface area contributed by atoms with Crippen LogP contribution in [0.25, 0.3) is 16.9 Å². The number of aryl methyl sites for hydroxylation is 1. The van der Waals surface area contributed by atoms with Crippen LogP contribution >= 0.6 is 0 Å². The predicted molar refractivity (Wildman–Crippen MR) is 135 cm³/mol. The van der Waals surface area contributed by atoms with Crippen LogP contribution in [0.3, 0.4) is 0 Å². The maximum absolute atomic E-state index is 13.6. The second-order valence-corrected chi connectivity index (χ2v) is 10.6. The van der Waals surface area contributed by atoms with Crippen LogP contribution in [-0.4, -0.2) is 53.9 Å². The van der Waals surface area contributed by atoms with Crippen LogP contribution in [-0.2, 0) is 16.4 Å². The van der Waals surface area contributed by atoms with Crippen LogP contribution < -0.4 is 4.72 Å². The Morgan fingerprint density at radius 1 is 1.03 bits per heavy atom. The molecule has 180 valence electrons. The molecule has 1 saturated heterocycles. The fourth-order valence-corrected chi connectivity index (χ4v) is 5.71. The number of carbonyl (C=O) groups is 1. The van der Waals surface area contributed by atoms with E-state index in [1.54, 1.807) is 15.8 Å². The van der Waals surface area contributed by atoms with Gasteiger partial charge >= 0.3 is 0 Å². The Balaban J connectivity index is 1.57. The van der Waals surface area contributed by atoms with Crippen molar-refractivity contribution < 1.29 is 13.2 Å². The highest BCUT2D eigenvalue weighted by Gasteiger charge is 2.29. The standard InChI is InChI=1S/C26H32N4O3S/c1-3-18-34(32,33)28-22-14-16-29(17-15-22)26(31)24-19-30(23-8-6-5-7-9-23)27-25(24)21-12-10-20(4-2)11-13-21/h5-13,19,22,28H,3-4,14-18H2,1-2H3. The third-order valence-corrected chi connectivity index (χ3v) is 7.84. The van der Waals surface area contributed by atoms with Crippen LogP contribution in [0.15, 0.2) is 60.8 Å². The zero-order valence-electron chi connectivity index (χ0n) is 19.8. The summed E-state index contributed by atoms with van der Waals surface area (Å²) >= 11 is 0. The molecular weight excluding hydrogens is 448 g/mol. The quantitative estimate of drug-likeness (QED) is 0.527. The molecule has 8 heteroatoms. The molecule has 1 aromatic heterocycles. The van der Waals surface area contributed by atoms with E-state index in [0.29, 0.717) is 43.6 Å². The van der Waals surface area contributed by atoms with E-state index >= 15 is 0 Å². The molecule has 0 aliphatic carbocycles. The van der Waals surface area contributed by atoms with Gasteiger partial charge < -0.3 is 4.90 Å². The molecule has 0 atom stereocenters. The van der Waals surface area contributed by atoms with E-state index in [4.69, 9.17) is 5.10 Å². The maximum atomic E-state index is 13.6. The summed E-state index contributed by atoms with van der Waals surface area (Å²) in [6.07, 6.45) is 4.53. The summed E-state index contributed by atoms with van der Waals surface area (Å²) in [6, 6.07) is 17.8. The van der Waals surface area contributed by atoms with E-state index < -0.39 is 10.0 Å². The summed E-state index contributed by atoms with van der Waals surface area (Å²) in [6.45, 7) is 4.97. The smallest absolute Gasteiger partial charge is 0.257 e. The molecule has 2 aromatic carbocycles. The lowest BCUT2D eigenvalue weighted by Gasteiger charge is -2.32. The molecule has 34 heavy (non-hydrogen) atoms.